The van der Waals surface area contributed by atoms with Crippen molar-refractivity contribution in [1.29, 1.82) is 0 Å². The van der Waals surface area contributed by atoms with Crippen LogP contribution in [-0.2, 0) is 14.4 Å². The van der Waals surface area contributed by atoms with Gasteiger partial charge in [0.15, 0.2) is 0 Å². The van der Waals surface area contributed by atoms with Crippen LogP contribution in [0.2, 0.25) is 0 Å². The average Bonchev–Trinajstić information content (AvgIpc) is 2.09. The maximum Gasteiger partial charge on any atom is 0.325 e. The zero-order chi connectivity index (χ0) is 11.2. The second kappa shape index (κ2) is 5.77. The summed E-state index contributed by atoms with van der Waals surface area (Å²) >= 11 is 0. The van der Waals surface area contributed by atoms with Gasteiger partial charge in [-0.15, -0.1) is 6.58 Å². The first-order chi connectivity index (χ1) is 6.35. The van der Waals surface area contributed by atoms with E-state index in [9.17, 15) is 8.42 Å². The Balaban J connectivity index is 3.96. The summed E-state index contributed by atoms with van der Waals surface area (Å²) in [6, 6.07) is 0. The summed E-state index contributed by atoms with van der Waals surface area (Å²) in [4.78, 5) is 0. The van der Waals surface area contributed by atoms with Crippen LogP contribution in [0.1, 0.15) is 19.8 Å². The molecule has 0 aromatic carbocycles. The summed E-state index contributed by atoms with van der Waals surface area (Å²) < 4.78 is 25.3. The van der Waals surface area contributed by atoms with Crippen molar-refractivity contribution in [3.63, 3.8) is 0 Å². The molecule has 0 rings (SSSR count). The van der Waals surface area contributed by atoms with E-state index in [-0.39, 0.29) is 0 Å². The van der Waals surface area contributed by atoms with Crippen molar-refractivity contribution >= 4 is 15.8 Å². The lowest BCUT2D eigenvalue weighted by molar-refractivity contribution is 0.215. The maximum atomic E-state index is 10.5. The lowest BCUT2D eigenvalue weighted by Crippen LogP contribution is -2.06. The highest BCUT2D eigenvalue weighted by Gasteiger charge is 2.02. The van der Waals surface area contributed by atoms with Gasteiger partial charge in [0.1, 0.15) is 0 Å². The standard InChI is InChI=1S/C8H15NO4S/c1-4-8(10)6-5-7(2)9-13-14(3,11)12/h4,8,10H,1,5-6H2,2-3H3. The number of rotatable bonds is 6. The third-order valence-electron chi connectivity index (χ3n) is 1.40. The van der Waals surface area contributed by atoms with Crippen LogP contribution in [0.25, 0.3) is 0 Å². The summed E-state index contributed by atoms with van der Waals surface area (Å²) in [6.07, 6.45) is 2.64. The molecule has 14 heavy (non-hydrogen) atoms. The smallest absolute Gasteiger partial charge is 0.325 e. The highest BCUT2D eigenvalue weighted by atomic mass is 32.2. The number of hydrogen-bond donors (Lipinski definition) is 1. The molecule has 0 amide bonds. The molecule has 1 N–H and O–H groups in total. The van der Waals surface area contributed by atoms with Crippen LogP contribution in [0.4, 0.5) is 0 Å². The largest absolute Gasteiger partial charge is 0.389 e. The molecule has 0 saturated carbocycles. The van der Waals surface area contributed by atoms with Crippen LogP contribution in [0.3, 0.4) is 0 Å². The molecule has 0 aromatic rings. The van der Waals surface area contributed by atoms with Crippen LogP contribution < -0.4 is 0 Å². The fourth-order valence-corrected chi connectivity index (χ4v) is 0.914. The monoisotopic (exact) mass is 221 g/mol. The van der Waals surface area contributed by atoms with Gasteiger partial charge in [0.2, 0.25) is 0 Å². The molecule has 1 atom stereocenters. The predicted octanol–water partition coefficient (Wildman–Crippen LogP) is 0.666. The number of aliphatic hydroxyl groups is 1. The van der Waals surface area contributed by atoms with E-state index in [4.69, 9.17) is 5.11 Å². The molecule has 1 unspecified atom stereocenters. The zero-order valence-corrected chi connectivity index (χ0v) is 9.12. The molecule has 0 heterocycles. The van der Waals surface area contributed by atoms with Gasteiger partial charge in [0.05, 0.1) is 18.1 Å². The highest BCUT2D eigenvalue weighted by Crippen LogP contribution is 2.01. The zero-order valence-electron chi connectivity index (χ0n) is 8.30. The minimum Gasteiger partial charge on any atom is -0.389 e. The minimum atomic E-state index is -3.53. The van der Waals surface area contributed by atoms with Crippen LogP contribution in [0.15, 0.2) is 17.8 Å². The van der Waals surface area contributed by atoms with Crippen molar-refractivity contribution in [2.75, 3.05) is 6.26 Å². The summed E-state index contributed by atoms with van der Waals surface area (Å²) in [6.45, 7) is 5.03. The van der Waals surface area contributed by atoms with Crippen molar-refractivity contribution in [2.45, 2.75) is 25.9 Å². The molecule has 6 heteroatoms. The SMILES string of the molecule is C=CC(O)CCC(C)=NOS(C)(=O)=O. The fraction of sp³-hybridized carbons (Fsp3) is 0.625. The van der Waals surface area contributed by atoms with Crippen molar-refractivity contribution in [2.24, 2.45) is 5.16 Å². The highest BCUT2D eigenvalue weighted by molar-refractivity contribution is 7.85. The molecule has 0 aliphatic carbocycles. The molecule has 0 aliphatic heterocycles. The molecular formula is C8H15NO4S. The van der Waals surface area contributed by atoms with Crippen molar-refractivity contribution in [1.82, 2.24) is 0 Å². The van der Waals surface area contributed by atoms with E-state index in [1.807, 2.05) is 0 Å². The van der Waals surface area contributed by atoms with Gasteiger partial charge in [0, 0.05) is 0 Å². The van der Waals surface area contributed by atoms with E-state index >= 15 is 0 Å². The third kappa shape index (κ3) is 7.75. The number of hydrogen-bond acceptors (Lipinski definition) is 5. The molecule has 5 nitrogen and oxygen atoms in total. The molecule has 82 valence electrons. The van der Waals surface area contributed by atoms with Gasteiger partial charge in [-0.3, -0.25) is 4.28 Å². The Labute approximate surface area is 84.2 Å². The van der Waals surface area contributed by atoms with Crippen LogP contribution in [0, 0.1) is 0 Å². The summed E-state index contributed by atoms with van der Waals surface area (Å²) in [5, 5.41) is 12.5. The Bertz CT molecular complexity index is 307. The van der Waals surface area contributed by atoms with Crippen molar-refractivity contribution < 1.29 is 17.8 Å². The van der Waals surface area contributed by atoms with Gasteiger partial charge in [0.25, 0.3) is 0 Å². The number of oxime groups is 1. The fourth-order valence-electron chi connectivity index (χ4n) is 0.652. The molecule has 0 aromatic heterocycles. The number of aliphatic hydroxyl groups excluding tert-OH is 1. The van der Waals surface area contributed by atoms with Gasteiger partial charge in [-0.1, -0.05) is 11.2 Å². The van der Waals surface area contributed by atoms with Crippen molar-refractivity contribution in [3.8, 4) is 0 Å². The van der Waals surface area contributed by atoms with E-state index in [1.54, 1.807) is 6.92 Å². The lowest BCUT2D eigenvalue weighted by atomic mass is 10.1. The normalized spacial score (nSPS) is 14.9. The van der Waals surface area contributed by atoms with Gasteiger partial charge < -0.3 is 5.11 Å². The van der Waals surface area contributed by atoms with E-state index in [2.05, 4.69) is 16.0 Å². The van der Waals surface area contributed by atoms with E-state index in [0.717, 1.165) is 6.26 Å². The Morgan fingerprint density at radius 3 is 2.71 bits per heavy atom. The summed E-state index contributed by atoms with van der Waals surface area (Å²) in [5.41, 5.74) is 0.510. The Hall–Kier alpha value is -0.880. The number of nitrogens with zero attached hydrogens (tertiary/aromatic N) is 1. The molecule has 0 bridgehead atoms. The Kier molecular flexibility index (Phi) is 5.40. The first kappa shape index (κ1) is 13.1. The molecule has 0 radical (unpaired) electrons. The predicted molar refractivity (Wildman–Crippen MR) is 54.5 cm³/mol. The molecule has 0 fully saturated rings. The molecular weight excluding hydrogens is 206 g/mol. The van der Waals surface area contributed by atoms with Crippen LogP contribution >= 0.6 is 0 Å². The van der Waals surface area contributed by atoms with Gasteiger partial charge in [-0.2, -0.15) is 8.42 Å². The second-order valence-corrected chi connectivity index (χ2v) is 4.50. The van der Waals surface area contributed by atoms with Gasteiger partial charge in [-0.25, -0.2) is 0 Å². The van der Waals surface area contributed by atoms with Crippen LogP contribution in [0.5, 0.6) is 0 Å². The average molecular weight is 221 g/mol. The first-order valence-corrected chi connectivity index (χ1v) is 5.89. The summed E-state index contributed by atoms with van der Waals surface area (Å²) in [7, 11) is -3.53. The van der Waals surface area contributed by atoms with E-state index in [1.165, 1.54) is 6.08 Å². The van der Waals surface area contributed by atoms with Crippen molar-refractivity contribution in [3.05, 3.63) is 12.7 Å². The molecule has 0 aliphatic rings. The quantitative estimate of drug-likeness (QED) is 0.406. The Morgan fingerprint density at radius 1 is 1.71 bits per heavy atom. The second-order valence-electron chi connectivity index (χ2n) is 2.95. The van der Waals surface area contributed by atoms with Crippen LogP contribution in [-0.4, -0.2) is 31.6 Å². The van der Waals surface area contributed by atoms with Gasteiger partial charge in [-0.05, 0) is 19.8 Å². The lowest BCUT2D eigenvalue weighted by Gasteiger charge is -2.03. The maximum absolute atomic E-state index is 10.5. The Morgan fingerprint density at radius 2 is 2.29 bits per heavy atom. The van der Waals surface area contributed by atoms with E-state index in [0.29, 0.717) is 18.6 Å². The van der Waals surface area contributed by atoms with E-state index < -0.39 is 16.2 Å². The minimum absolute atomic E-state index is 0.450. The summed E-state index contributed by atoms with van der Waals surface area (Å²) in [5.74, 6) is 0. The van der Waals surface area contributed by atoms with Gasteiger partial charge >= 0.3 is 10.1 Å². The first-order valence-electron chi connectivity index (χ1n) is 4.08. The topological polar surface area (TPSA) is 76.0 Å². The molecule has 0 spiro atoms. The molecule has 0 saturated heterocycles. The third-order valence-corrected chi connectivity index (χ3v) is 1.75.